The monoisotopic (exact) mass is 486 g/mol. The average molecular weight is 487 g/mol. The predicted molar refractivity (Wildman–Crippen MR) is 136 cm³/mol. The van der Waals surface area contributed by atoms with E-state index in [1.54, 1.807) is 4.90 Å². The van der Waals surface area contributed by atoms with Crippen LogP contribution < -0.4 is 5.32 Å². The standard InChI is InChI=1S/C23H26N4O2S3/c1-15(2)12-20-25-26-22(32-20)24-19(28)10-7-11-27-21(29)18(31-23(27)30)14-16(3)13-17-8-5-4-6-9-17/h4-6,8-9,13-15H,7,10-12H2,1-3H3,(H,24,26,28). The molecule has 0 atom stereocenters. The Kier molecular flexibility index (Phi) is 8.72. The van der Waals surface area contributed by atoms with Crippen molar-refractivity contribution in [2.45, 2.75) is 40.0 Å². The minimum Gasteiger partial charge on any atom is -0.301 e. The molecule has 1 fully saturated rings. The Morgan fingerprint density at radius 3 is 2.72 bits per heavy atom. The first-order valence-electron chi connectivity index (χ1n) is 10.4. The molecule has 0 saturated carbocycles. The van der Waals surface area contributed by atoms with Crippen molar-refractivity contribution in [3.63, 3.8) is 0 Å². The number of benzene rings is 1. The lowest BCUT2D eigenvalue weighted by molar-refractivity contribution is -0.122. The third-order valence-electron chi connectivity index (χ3n) is 4.51. The molecular weight excluding hydrogens is 460 g/mol. The summed E-state index contributed by atoms with van der Waals surface area (Å²) in [6.07, 6.45) is 5.53. The molecule has 0 aliphatic carbocycles. The first-order chi connectivity index (χ1) is 15.3. The van der Waals surface area contributed by atoms with E-state index >= 15 is 0 Å². The maximum atomic E-state index is 12.8. The van der Waals surface area contributed by atoms with Gasteiger partial charge in [-0.3, -0.25) is 14.5 Å². The van der Waals surface area contributed by atoms with Crippen molar-refractivity contribution in [1.82, 2.24) is 15.1 Å². The summed E-state index contributed by atoms with van der Waals surface area (Å²) >= 11 is 8.09. The van der Waals surface area contributed by atoms with Gasteiger partial charge in [-0.1, -0.05) is 85.6 Å². The maximum absolute atomic E-state index is 12.8. The fourth-order valence-corrected chi connectivity index (χ4v) is 5.40. The number of anilines is 1. The van der Waals surface area contributed by atoms with Crippen LogP contribution in [0.2, 0.25) is 0 Å². The summed E-state index contributed by atoms with van der Waals surface area (Å²) < 4.78 is 0.525. The average Bonchev–Trinajstić information content (AvgIpc) is 3.26. The number of carbonyl (C=O) groups is 2. The van der Waals surface area contributed by atoms with Crippen molar-refractivity contribution in [1.29, 1.82) is 0 Å². The van der Waals surface area contributed by atoms with Gasteiger partial charge in [0.2, 0.25) is 11.0 Å². The van der Waals surface area contributed by atoms with Crippen LogP contribution in [-0.4, -0.2) is 37.8 Å². The predicted octanol–water partition coefficient (Wildman–Crippen LogP) is 5.30. The quantitative estimate of drug-likeness (QED) is 0.383. The van der Waals surface area contributed by atoms with E-state index in [0.717, 1.165) is 22.6 Å². The van der Waals surface area contributed by atoms with Crippen molar-refractivity contribution < 1.29 is 9.59 Å². The van der Waals surface area contributed by atoms with Crippen LogP contribution in [0.3, 0.4) is 0 Å². The summed E-state index contributed by atoms with van der Waals surface area (Å²) in [6, 6.07) is 9.95. The number of hydrogen-bond acceptors (Lipinski definition) is 7. The third-order valence-corrected chi connectivity index (χ3v) is 6.75. The number of allylic oxidation sites excluding steroid dienone is 2. The maximum Gasteiger partial charge on any atom is 0.266 e. The molecule has 0 unspecified atom stereocenters. The van der Waals surface area contributed by atoms with Gasteiger partial charge in [0.15, 0.2) is 0 Å². The molecule has 168 valence electrons. The molecule has 1 aromatic heterocycles. The molecule has 2 amide bonds. The molecule has 1 aliphatic rings. The summed E-state index contributed by atoms with van der Waals surface area (Å²) in [6.45, 7) is 6.60. The molecule has 1 aromatic carbocycles. The van der Waals surface area contributed by atoms with Crippen LogP contribution in [0.4, 0.5) is 5.13 Å². The van der Waals surface area contributed by atoms with Crippen LogP contribution in [0.25, 0.3) is 6.08 Å². The van der Waals surface area contributed by atoms with Gasteiger partial charge in [-0.2, -0.15) is 0 Å². The Balaban J connectivity index is 1.49. The number of amides is 2. The number of nitrogens with zero attached hydrogens (tertiary/aromatic N) is 3. The first-order valence-corrected chi connectivity index (χ1v) is 12.5. The lowest BCUT2D eigenvalue weighted by Crippen LogP contribution is -2.29. The summed E-state index contributed by atoms with van der Waals surface area (Å²) in [5.41, 5.74) is 2.06. The van der Waals surface area contributed by atoms with E-state index in [1.165, 1.54) is 23.1 Å². The minimum absolute atomic E-state index is 0.108. The lowest BCUT2D eigenvalue weighted by atomic mass is 10.1. The normalized spacial score (nSPS) is 15.8. The Morgan fingerprint density at radius 2 is 2.00 bits per heavy atom. The summed E-state index contributed by atoms with van der Waals surface area (Å²) in [5.74, 6) is 0.242. The van der Waals surface area contributed by atoms with E-state index in [-0.39, 0.29) is 18.2 Å². The fourth-order valence-electron chi connectivity index (χ4n) is 3.07. The van der Waals surface area contributed by atoms with Gasteiger partial charge in [-0.25, -0.2) is 0 Å². The highest BCUT2D eigenvalue weighted by Crippen LogP contribution is 2.32. The topological polar surface area (TPSA) is 75.2 Å². The molecule has 1 aliphatic heterocycles. The molecule has 3 rings (SSSR count). The number of thioether (sulfide) groups is 1. The largest absolute Gasteiger partial charge is 0.301 e. The number of nitrogens with one attached hydrogen (secondary N) is 1. The second kappa shape index (κ2) is 11.5. The van der Waals surface area contributed by atoms with Crippen LogP contribution in [0.5, 0.6) is 0 Å². The molecule has 0 bridgehead atoms. The van der Waals surface area contributed by atoms with Gasteiger partial charge in [0, 0.05) is 19.4 Å². The van der Waals surface area contributed by atoms with E-state index in [9.17, 15) is 9.59 Å². The second-order valence-corrected chi connectivity index (χ2v) is 10.6. The van der Waals surface area contributed by atoms with E-state index in [1.807, 2.05) is 49.4 Å². The Morgan fingerprint density at radius 1 is 1.25 bits per heavy atom. The summed E-state index contributed by atoms with van der Waals surface area (Å²) in [5, 5.41) is 12.3. The molecule has 9 heteroatoms. The molecule has 0 radical (unpaired) electrons. The second-order valence-electron chi connectivity index (χ2n) is 7.88. The van der Waals surface area contributed by atoms with Crippen LogP contribution in [0.1, 0.15) is 44.2 Å². The molecule has 6 nitrogen and oxygen atoms in total. The molecule has 0 spiro atoms. The van der Waals surface area contributed by atoms with Gasteiger partial charge < -0.3 is 5.32 Å². The van der Waals surface area contributed by atoms with Crippen LogP contribution >= 0.6 is 35.3 Å². The summed E-state index contributed by atoms with van der Waals surface area (Å²) in [7, 11) is 0. The van der Waals surface area contributed by atoms with Crippen LogP contribution in [0.15, 0.2) is 46.9 Å². The molecule has 1 N–H and O–H groups in total. The van der Waals surface area contributed by atoms with Gasteiger partial charge in [0.25, 0.3) is 5.91 Å². The van der Waals surface area contributed by atoms with Crippen LogP contribution in [0, 0.1) is 5.92 Å². The highest BCUT2D eigenvalue weighted by Gasteiger charge is 2.31. The highest BCUT2D eigenvalue weighted by molar-refractivity contribution is 8.26. The van der Waals surface area contributed by atoms with Crippen molar-refractivity contribution in [2.24, 2.45) is 5.92 Å². The van der Waals surface area contributed by atoms with Crippen molar-refractivity contribution in [2.75, 3.05) is 11.9 Å². The Bertz CT molecular complexity index is 1040. The Hall–Kier alpha value is -2.36. The van der Waals surface area contributed by atoms with E-state index in [0.29, 0.717) is 33.2 Å². The Labute approximate surface area is 202 Å². The lowest BCUT2D eigenvalue weighted by Gasteiger charge is -2.13. The number of aromatic nitrogens is 2. The van der Waals surface area contributed by atoms with E-state index in [4.69, 9.17) is 12.2 Å². The van der Waals surface area contributed by atoms with Crippen molar-refractivity contribution in [3.8, 4) is 0 Å². The van der Waals surface area contributed by atoms with Crippen molar-refractivity contribution in [3.05, 3.63) is 57.5 Å². The third kappa shape index (κ3) is 7.08. The van der Waals surface area contributed by atoms with Gasteiger partial charge in [0.05, 0.1) is 4.91 Å². The fraction of sp³-hybridized carbons (Fsp3) is 0.348. The number of thiocarbonyl (C=S) groups is 1. The van der Waals surface area contributed by atoms with Crippen molar-refractivity contribution >= 4 is 62.7 Å². The number of rotatable bonds is 9. The molecule has 2 aromatic rings. The molecular formula is C23H26N4O2S3. The minimum atomic E-state index is -0.139. The van der Waals surface area contributed by atoms with Crippen LogP contribution in [-0.2, 0) is 16.0 Å². The zero-order valence-corrected chi connectivity index (χ0v) is 20.8. The number of hydrogen-bond donors (Lipinski definition) is 1. The van der Waals surface area contributed by atoms with Gasteiger partial charge in [-0.15, -0.1) is 10.2 Å². The first kappa shape index (κ1) is 24.3. The zero-order valence-electron chi connectivity index (χ0n) is 18.3. The zero-order chi connectivity index (χ0) is 23.1. The highest BCUT2D eigenvalue weighted by atomic mass is 32.2. The van der Waals surface area contributed by atoms with Gasteiger partial charge >= 0.3 is 0 Å². The molecule has 2 heterocycles. The summed E-state index contributed by atoms with van der Waals surface area (Å²) in [4.78, 5) is 27.2. The SMILES string of the molecule is CC(=Cc1ccccc1)C=C1SC(=S)N(CCCC(=O)Nc2nnc(CC(C)C)s2)C1=O. The smallest absolute Gasteiger partial charge is 0.266 e. The number of carbonyl (C=O) groups excluding carboxylic acids is 2. The van der Waals surface area contributed by atoms with Gasteiger partial charge in [0.1, 0.15) is 9.33 Å². The van der Waals surface area contributed by atoms with Gasteiger partial charge in [-0.05, 0) is 36.5 Å². The van der Waals surface area contributed by atoms with E-state index in [2.05, 4.69) is 29.4 Å². The molecule has 1 saturated heterocycles. The molecule has 32 heavy (non-hydrogen) atoms. The van der Waals surface area contributed by atoms with E-state index < -0.39 is 0 Å².